The first-order chi connectivity index (χ1) is 16.2. The molecule has 13 heteroatoms. The topological polar surface area (TPSA) is 149 Å². The van der Waals surface area contributed by atoms with Gasteiger partial charge in [0.05, 0.1) is 27.2 Å². The van der Waals surface area contributed by atoms with Gasteiger partial charge in [-0.05, 0) is 48.6 Å². The van der Waals surface area contributed by atoms with Crippen LogP contribution < -0.4 is 10.2 Å². The number of carbonyl (C=O) groups is 2. The number of nitro groups is 2. The van der Waals surface area contributed by atoms with E-state index in [-0.39, 0.29) is 27.9 Å². The molecule has 0 bridgehead atoms. The van der Waals surface area contributed by atoms with Gasteiger partial charge >= 0.3 is 0 Å². The zero-order valence-corrected chi connectivity index (χ0v) is 17.6. The first-order valence-electron chi connectivity index (χ1n) is 9.36. The number of nitro benzene ring substituents is 2. The first kappa shape index (κ1) is 22.4. The Balaban J connectivity index is 1.72. The fourth-order valence-corrected chi connectivity index (χ4v) is 3.49. The number of amides is 2. The summed E-state index contributed by atoms with van der Waals surface area (Å²) >= 11 is 5.02. The minimum atomic E-state index is -0.905. The lowest BCUT2D eigenvalue weighted by Crippen LogP contribution is -2.54. The highest BCUT2D eigenvalue weighted by Crippen LogP contribution is 2.34. The van der Waals surface area contributed by atoms with E-state index in [1.54, 1.807) is 0 Å². The standard InChI is InChI=1S/C21H11FN4O7S/c22-15-3-1-2-4-16(15)24-20(28)14(19(27)23-21(24)34)10-12-6-8-18(33-12)13-7-5-11(25(29)30)9-17(13)26(31)32/h1-10H,(H,23,27,34)/b14-10+. The molecule has 0 spiro atoms. The molecule has 1 N–H and O–H groups in total. The van der Waals surface area contributed by atoms with Crippen LogP contribution in [0.4, 0.5) is 21.5 Å². The SMILES string of the molecule is O=C1NC(=S)N(c2ccccc2F)C(=O)/C1=C/c1ccc(-c2ccc([N+](=O)[O-])cc2[N+](=O)[O-])o1. The third-order valence-corrected chi connectivity index (χ3v) is 5.05. The van der Waals surface area contributed by atoms with Crippen molar-refractivity contribution in [3.63, 3.8) is 0 Å². The van der Waals surface area contributed by atoms with Crippen LogP contribution in [0.3, 0.4) is 0 Å². The van der Waals surface area contributed by atoms with E-state index in [1.165, 1.54) is 30.3 Å². The highest BCUT2D eigenvalue weighted by atomic mass is 32.1. The molecule has 2 heterocycles. The molecule has 34 heavy (non-hydrogen) atoms. The van der Waals surface area contributed by atoms with Crippen LogP contribution in [0.15, 0.2) is 64.6 Å². The number of hydrogen-bond donors (Lipinski definition) is 1. The van der Waals surface area contributed by atoms with E-state index < -0.39 is 44.4 Å². The van der Waals surface area contributed by atoms with E-state index in [4.69, 9.17) is 16.6 Å². The summed E-state index contributed by atoms with van der Waals surface area (Å²) in [5, 5.41) is 24.3. The summed E-state index contributed by atoms with van der Waals surface area (Å²) in [7, 11) is 0. The average molecular weight is 482 g/mol. The maximum Gasteiger partial charge on any atom is 0.287 e. The normalized spacial score (nSPS) is 14.9. The molecule has 11 nitrogen and oxygen atoms in total. The Kier molecular flexibility index (Phi) is 5.69. The maximum atomic E-state index is 14.2. The number of para-hydroxylation sites is 1. The lowest BCUT2D eigenvalue weighted by molar-refractivity contribution is -0.393. The molecule has 170 valence electrons. The van der Waals surface area contributed by atoms with Crippen LogP contribution in [0, 0.1) is 26.0 Å². The van der Waals surface area contributed by atoms with E-state index in [0.717, 1.165) is 35.2 Å². The van der Waals surface area contributed by atoms with E-state index >= 15 is 0 Å². The van der Waals surface area contributed by atoms with Crippen molar-refractivity contribution in [1.82, 2.24) is 5.32 Å². The monoisotopic (exact) mass is 482 g/mol. The summed E-state index contributed by atoms with van der Waals surface area (Å²) in [5.41, 5.74) is -1.67. The molecular weight excluding hydrogens is 471 g/mol. The number of hydrogen-bond acceptors (Lipinski definition) is 8. The van der Waals surface area contributed by atoms with Crippen molar-refractivity contribution < 1.29 is 28.2 Å². The number of nitrogens with zero attached hydrogens (tertiary/aromatic N) is 3. The van der Waals surface area contributed by atoms with Gasteiger partial charge in [-0.15, -0.1) is 0 Å². The molecule has 2 amide bonds. The van der Waals surface area contributed by atoms with Gasteiger partial charge in [0, 0.05) is 6.07 Å². The van der Waals surface area contributed by atoms with Gasteiger partial charge in [-0.2, -0.15) is 0 Å². The number of carbonyl (C=O) groups excluding carboxylic acids is 2. The van der Waals surface area contributed by atoms with Crippen molar-refractivity contribution in [2.75, 3.05) is 4.90 Å². The van der Waals surface area contributed by atoms with Gasteiger partial charge in [0.25, 0.3) is 23.2 Å². The fraction of sp³-hybridized carbons (Fsp3) is 0. The zero-order chi connectivity index (χ0) is 24.6. The quantitative estimate of drug-likeness (QED) is 0.190. The number of thiocarbonyl (C=S) groups is 1. The highest BCUT2D eigenvalue weighted by Gasteiger charge is 2.36. The van der Waals surface area contributed by atoms with Crippen molar-refractivity contribution in [3.05, 3.63) is 92.0 Å². The molecule has 1 aliphatic heterocycles. The molecule has 0 atom stereocenters. The van der Waals surface area contributed by atoms with E-state index in [2.05, 4.69) is 5.32 Å². The van der Waals surface area contributed by atoms with Crippen molar-refractivity contribution >= 4 is 52.3 Å². The van der Waals surface area contributed by atoms with Crippen molar-refractivity contribution in [2.24, 2.45) is 0 Å². The van der Waals surface area contributed by atoms with Crippen molar-refractivity contribution in [3.8, 4) is 11.3 Å². The van der Waals surface area contributed by atoms with E-state index in [0.29, 0.717) is 0 Å². The summed E-state index contributed by atoms with van der Waals surface area (Å²) in [6.07, 6.45) is 1.08. The molecule has 1 saturated heterocycles. The van der Waals surface area contributed by atoms with Crippen molar-refractivity contribution in [2.45, 2.75) is 0 Å². The smallest absolute Gasteiger partial charge is 0.287 e. The second-order valence-electron chi connectivity index (χ2n) is 6.83. The Morgan fingerprint density at radius 1 is 1.03 bits per heavy atom. The molecule has 0 aliphatic carbocycles. The summed E-state index contributed by atoms with van der Waals surface area (Å²) in [4.78, 5) is 46.9. The number of nitrogens with one attached hydrogen (secondary N) is 1. The number of furan rings is 1. The predicted molar refractivity (Wildman–Crippen MR) is 120 cm³/mol. The van der Waals surface area contributed by atoms with Gasteiger partial charge < -0.3 is 4.42 Å². The molecule has 1 aromatic heterocycles. The van der Waals surface area contributed by atoms with E-state index in [1.807, 2.05) is 0 Å². The van der Waals surface area contributed by atoms with Gasteiger partial charge in [-0.25, -0.2) is 9.29 Å². The summed E-state index contributed by atoms with van der Waals surface area (Å²) in [5.74, 6) is -2.54. The maximum absolute atomic E-state index is 14.2. The van der Waals surface area contributed by atoms with Crippen LogP contribution in [0.5, 0.6) is 0 Å². The van der Waals surface area contributed by atoms with Crippen molar-refractivity contribution in [1.29, 1.82) is 0 Å². The van der Waals surface area contributed by atoms with Crippen LogP contribution in [0.2, 0.25) is 0 Å². The third kappa shape index (κ3) is 4.02. The Labute approximate surface area is 194 Å². The zero-order valence-electron chi connectivity index (χ0n) is 16.8. The van der Waals surface area contributed by atoms with Gasteiger partial charge in [-0.1, -0.05) is 12.1 Å². The van der Waals surface area contributed by atoms with E-state index in [9.17, 15) is 34.2 Å². The van der Waals surface area contributed by atoms with Crippen LogP contribution in [-0.2, 0) is 9.59 Å². The molecule has 3 aromatic rings. The number of benzene rings is 2. The molecule has 4 rings (SSSR count). The van der Waals surface area contributed by atoms with Crippen LogP contribution >= 0.6 is 12.2 Å². The van der Waals surface area contributed by atoms with Crippen LogP contribution in [0.25, 0.3) is 17.4 Å². The lowest BCUT2D eigenvalue weighted by atomic mass is 10.1. The molecule has 1 fully saturated rings. The molecule has 0 radical (unpaired) electrons. The second kappa shape index (κ2) is 8.63. The number of anilines is 1. The Morgan fingerprint density at radius 3 is 2.44 bits per heavy atom. The number of rotatable bonds is 5. The Hall–Kier alpha value is -4.78. The molecule has 2 aromatic carbocycles. The summed E-state index contributed by atoms with van der Waals surface area (Å²) in [6.45, 7) is 0. The van der Waals surface area contributed by atoms with Gasteiger partial charge in [-0.3, -0.25) is 35.1 Å². The van der Waals surface area contributed by atoms with Gasteiger partial charge in [0.1, 0.15) is 22.9 Å². The number of halogens is 1. The minimum absolute atomic E-state index is 0.0255. The fourth-order valence-electron chi connectivity index (χ4n) is 3.22. The highest BCUT2D eigenvalue weighted by molar-refractivity contribution is 7.80. The van der Waals surface area contributed by atoms with Crippen LogP contribution in [0.1, 0.15) is 5.76 Å². The van der Waals surface area contributed by atoms with Gasteiger partial charge in [0.15, 0.2) is 5.11 Å². The second-order valence-corrected chi connectivity index (χ2v) is 7.21. The number of non-ortho nitro benzene ring substituents is 1. The lowest BCUT2D eigenvalue weighted by Gasteiger charge is -2.28. The molecule has 1 aliphatic rings. The largest absolute Gasteiger partial charge is 0.456 e. The molecular formula is C21H11FN4O7S. The minimum Gasteiger partial charge on any atom is -0.456 e. The summed E-state index contributed by atoms with van der Waals surface area (Å²) in [6, 6.07) is 11.1. The summed E-state index contributed by atoms with van der Waals surface area (Å²) < 4.78 is 19.8. The predicted octanol–water partition coefficient (Wildman–Crippen LogP) is 3.73. The average Bonchev–Trinajstić information content (AvgIpc) is 3.26. The molecule has 0 unspecified atom stereocenters. The molecule has 0 saturated carbocycles. The van der Waals surface area contributed by atoms with Gasteiger partial charge in [0.2, 0.25) is 0 Å². The first-order valence-corrected chi connectivity index (χ1v) is 9.77. The van der Waals surface area contributed by atoms with Crippen LogP contribution in [-0.4, -0.2) is 26.8 Å². The Bertz CT molecular complexity index is 1430. The Morgan fingerprint density at radius 2 is 1.76 bits per heavy atom. The third-order valence-electron chi connectivity index (χ3n) is 4.76.